The quantitative estimate of drug-likeness (QED) is 0.464. The number of benzene rings is 1. The van der Waals surface area contributed by atoms with E-state index in [-0.39, 0.29) is 29.4 Å². The molecule has 1 saturated heterocycles. The van der Waals surface area contributed by atoms with Gasteiger partial charge in [-0.2, -0.15) is 0 Å². The molecule has 1 heterocycles. The number of carbonyl (C=O) groups excluding carboxylic acids is 4. The second kappa shape index (κ2) is 7.17. The maximum atomic E-state index is 12.5. The van der Waals surface area contributed by atoms with Gasteiger partial charge in [-0.15, -0.1) is 0 Å². The molecule has 2 amide bonds. The van der Waals surface area contributed by atoms with E-state index in [2.05, 4.69) is 0 Å². The highest BCUT2D eigenvalue weighted by atomic mass is 16.5. The number of nitrogens with zero attached hydrogens (tertiary/aromatic N) is 1. The number of ketones is 1. The smallest absolute Gasteiger partial charge is 0.329 e. The Bertz CT molecular complexity index is 675. The van der Waals surface area contributed by atoms with Crippen LogP contribution in [-0.4, -0.2) is 41.1 Å². The Kier molecular flexibility index (Phi) is 4.97. The van der Waals surface area contributed by atoms with Crippen molar-refractivity contribution in [2.75, 3.05) is 6.61 Å². The SMILES string of the molecule is C[C@@H](C(=O)OCC(=O)c1ccccc1)N1C(=O)[C@H]2CCCC[C@H]2C1=O. The predicted molar refractivity (Wildman–Crippen MR) is 88.5 cm³/mol. The van der Waals surface area contributed by atoms with Crippen molar-refractivity contribution in [1.82, 2.24) is 4.90 Å². The normalized spacial score (nSPS) is 24.0. The van der Waals surface area contributed by atoms with Crippen molar-refractivity contribution in [1.29, 1.82) is 0 Å². The van der Waals surface area contributed by atoms with Crippen LogP contribution in [0.3, 0.4) is 0 Å². The Morgan fingerprint density at radius 1 is 1.08 bits per heavy atom. The highest BCUT2D eigenvalue weighted by Gasteiger charge is 2.51. The van der Waals surface area contributed by atoms with Crippen LogP contribution < -0.4 is 0 Å². The summed E-state index contributed by atoms with van der Waals surface area (Å²) < 4.78 is 5.05. The van der Waals surface area contributed by atoms with Gasteiger partial charge in [-0.1, -0.05) is 43.2 Å². The first-order valence-corrected chi connectivity index (χ1v) is 8.62. The molecular weight excluding hydrogens is 322 g/mol. The van der Waals surface area contributed by atoms with Crippen molar-refractivity contribution in [3.05, 3.63) is 35.9 Å². The summed E-state index contributed by atoms with van der Waals surface area (Å²) in [5.74, 6) is -2.23. The minimum absolute atomic E-state index is 0.284. The van der Waals surface area contributed by atoms with Crippen LogP contribution in [0.5, 0.6) is 0 Å². The van der Waals surface area contributed by atoms with E-state index in [1.165, 1.54) is 6.92 Å². The molecule has 1 saturated carbocycles. The lowest BCUT2D eigenvalue weighted by atomic mass is 9.81. The molecular formula is C19H21NO5. The summed E-state index contributed by atoms with van der Waals surface area (Å²) in [5.41, 5.74) is 0.447. The van der Waals surface area contributed by atoms with Gasteiger partial charge in [-0.3, -0.25) is 19.3 Å². The molecule has 0 aromatic heterocycles. The van der Waals surface area contributed by atoms with E-state index in [0.717, 1.165) is 17.7 Å². The maximum Gasteiger partial charge on any atom is 0.329 e. The summed E-state index contributed by atoms with van der Waals surface area (Å²) in [5, 5.41) is 0. The molecule has 0 bridgehead atoms. The number of imide groups is 1. The number of fused-ring (bicyclic) bond motifs is 1. The number of hydrogen-bond donors (Lipinski definition) is 0. The van der Waals surface area contributed by atoms with Crippen LogP contribution in [0.15, 0.2) is 30.3 Å². The molecule has 6 nitrogen and oxygen atoms in total. The van der Waals surface area contributed by atoms with Crippen molar-refractivity contribution in [3.63, 3.8) is 0 Å². The van der Waals surface area contributed by atoms with Gasteiger partial charge >= 0.3 is 5.97 Å². The summed E-state index contributed by atoms with van der Waals surface area (Å²) in [4.78, 5) is 50.3. The van der Waals surface area contributed by atoms with Gasteiger partial charge in [0.1, 0.15) is 6.04 Å². The molecule has 132 valence electrons. The third-order valence-electron chi connectivity index (χ3n) is 5.04. The first-order chi connectivity index (χ1) is 12.0. The van der Waals surface area contributed by atoms with E-state index < -0.39 is 18.6 Å². The Hall–Kier alpha value is -2.50. The highest BCUT2D eigenvalue weighted by Crippen LogP contribution is 2.38. The van der Waals surface area contributed by atoms with Crippen molar-refractivity contribution >= 4 is 23.6 Å². The fraction of sp³-hybridized carbons (Fsp3) is 0.474. The van der Waals surface area contributed by atoms with Gasteiger partial charge in [0.25, 0.3) is 0 Å². The molecule has 0 spiro atoms. The molecule has 1 aliphatic carbocycles. The van der Waals surface area contributed by atoms with Gasteiger partial charge in [-0.25, -0.2) is 4.79 Å². The minimum atomic E-state index is -1.01. The Morgan fingerprint density at radius 2 is 1.64 bits per heavy atom. The van der Waals surface area contributed by atoms with Crippen molar-refractivity contribution < 1.29 is 23.9 Å². The summed E-state index contributed by atoms with van der Waals surface area (Å²) in [7, 11) is 0. The van der Waals surface area contributed by atoms with E-state index >= 15 is 0 Å². The van der Waals surface area contributed by atoms with Crippen LogP contribution in [0.2, 0.25) is 0 Å². The number of carbonyl (C=O) groups is 4. The van der Waals surface area contributed by atoms with Crippen LogP contribution in [-0.2, 0) is 19.1 Å². The molecule has 0 radical (unpaired) electrons. The summed E-state index contributed by atoms with van der Waals surface area (Å²) in [6.45, 7) is 1.07. The number of likely N-dealkylation sites (tertiary alicyclic amines) is 1. The molecule has 3 atom stereocenters. The number of rotatable bonds is 5. The second-order valence-corrected chi connectivity index (χ2v) is 6.62. The molecule has 1 aromatic rings. The molecule has 2 aliphatic rings. The lowest BCUT2D eigenvalue weighted by molar-refractivity contribution is -0.157. The number of amides is 2. The average Bonchev–Trinajstić information content (AvgIpc) is 2.90. The van der Waals surface area contributed by atoms with Gasteiger partial charge in [0.2, 0.25) is 11.8 Å². The fourth-order valence-electron chi connectivity index (χ4n) is 3.64. The lowest BCUT2D eigenvalue weighted by Gasteiger charge is -2.21. The summed E-state index contributed by atoms with van der Waals surface area (Å²) in [6.07, 6.45) is 3.25. The van der Waals surface area contributed by atoms with E-state index in [0.29, 0.717) is 18.4 Å². The highest BCUT2D eigenvalue weighted by molar-refractivity contribution is 6.08. The molecule has 6 heteroatoms. The van der Waals surface area contributed by atoms with Gasteiger partial charge in [0.05, 0.1) is 11.8 Å². The van der Waals surface area contributed by atoms with Gasteiger partial charge in [-0.05, 0) is 19.8 Å². The number of ether oxygens (including phenoxy) is 1. The van der Waals surface area contributed by atoms with E-state index in [1.54, 1.807) is 30.3 Å². The standard InChI is InChI=1S/C19H21NO5/c1-12(19(24)25-11-16(21)13-7-3-2-4-8-13)20-17(22)14-9-5-6-10-15(14)18(20)23/h2-4,7-8,12,14-15H,5-6,9-11H2,1H3/t12-,14-,15+/m0/s1. The van der Waals surface area contributed by atoms with Gasteiger partial charge in [0.15, 0.2) is 12.4 Å². The molecule has 0 N–H and O–H groups in total. The molecule has 0 unspecified atom stereocenters. The van der Waals surface area contributed by atoms with Crippen LogP contribution in [0, 0.1) is 11.8 Å². The van der Waals surface area contributed by atoms with Gasteiger partial charge in [0, 0.05) is 5.56 Å². The van der Waals surface area contributed by atoms with E-state index in [4.69, 9.17) is 4.74 Å². The monoisotopic (exact) mass is 343 g/mol. The summed E-state index contributed by atoms with van der Waals surface area (Å²) >= 11 is 0. The minimum Gasteiger partial charge on any atom is -0.456 e. The van der Waals surface area contributed by atoms with Crippen LogP contribution in [0.1, 0.15) is 43.0 Å². The van der Waals surface area contributed by atoms with Crippen molar-refractivity contribution in [2.45, 2.75) is 38.6 Å². The molecule has 3 rings (SSSR count). The predicted octanol–water partition coefficient (Wildman–Crippen LogP) is 1.98. The van der Waals surface area contributed by atoms with Crippen LogP contribution in [0.4, 0.5) is 0 Å². The largest absolute Gasteiger partial charge is 0.456 e. The van der Waals surface area contributed by atoms with Crippen molar-refractivity contribution in [2.24, 2.45) is 11.8 Å². The van der Waals surface area contributed by atoms with E-state index in [9.17, 15) is 19.2 Å². The Labute approximate surface area is 146 Å². The summed E-state index contributed by atoms with van der Waals surface area (Å²) in [6, 6.07) is 7.50. The second-order valence-electron chi connectivity index (χ2n) is 6.62. The Morgan fingerprint density at radius 3 is 2.20 bits per heavy atom. The zero-order valence-electron chi connectivity index (χ0n) is 14.1. The fourth-order valence-corrected chi connectivity index (χ4v) is 3.64. The lowest BCUT2D eigenvalue weighted by Crippen LogP contribution is -2.44. The van der Waals surface area contributed by atoms with Crippen LogP contribution in [0.25, 0.3) is 0 Å². The molecule has 1 aromatic carbocycles. The number of hydrogen-bond acceptors (Lipinski definition) is 5. The van der Waals surface area contributed by atoms with E-state index in [1.807, 2.05) is 0 Å². The van der Waals surface area contributed by atoms with Crippen LogP contribution >= 0.6 is 0 Å². The third-order valence-corrected chi connectivity index (χ3v) is 5.04. The Balaban J connectivity index is 1.61. The first kappa shape index (κ1) is 17.3. The third kappa shape index (κ3) is 3.34. The zero-order valence-corrected chi connectivity index (χ0v) is 14.1. The molecule has 1 aliphatic heterocycles. The number of esters is 1. The molecule has 25 heavy (non-hydrogen) atoms. The zero-order chi connectivity index (χ0) is 18.0. The van der Waals surface area contributed by atoms with Gasteiger partial charge < -0.3 is 4.74 Å². The number of Topliss-reactive ketones (excluding diaryl/α,β-unsaturated/α-hetero) is 1. The first-order valence-electron chi connectivity index (χ1n) is 8.62. The topological polar surface area (TPSA) is 80.8 Å². The maximum absolute atomic E-state index is 12.5. The molecule has 2 fully saturated rings. The average molecular weight is 343 g/mol. The van der Waals surface area contributed by atoms with Crippen molar-refractivity contribution in [3.8, 4) is 0 Å².